The van der Waals surface area contributed by atoms with Crippen molar-refractivity contribution in [3.05, 3.63) is 40.3 Å². The number of rotatable bonds is 7. The maximum absolute atomic E-state index is 5.76. The number of benzene rings is 1. The van der Waals surface area contributed by atoms with Crippen LogP contribution in [-0.4, -0.2) is 18.1 Å². The van der Waals surface area contributed by atoms with Gasteiger partial charge in [-0.25, -0.2) is 4.98 Å². The first-order valence-corrected chi connectivity index (χ1v) is 7.65. The number of nitrogens with one attached hydrogen (secondary N) is 1. The molecule has 4 nitrogen and oxygen atoms in total. The number of methoxy groups -OCH3 is 1. The van der Waals surface area contributed by atoms with Gasteiger partial charge in [0.05, 0.1) is 12.8 Å². The van der Waals surface area contributed by atoms with E-state index in [1.807, 2.05) is 24.3 Å². The molecule has 1 heterocycles. The largest absolute Gasteiger partial charge is 0.493 e. The molecule has 20 heavy (non-hydrogen) atoms. The van der Waals surface area contributed by atoms with Gasteiger partial charge in [-0.3, -0.25) is 0 Å². The molecule has 0 unspecified atom stereocenters. The minimum atomic E-state index is 0.473. The molecule has 106 valence electrons. The third-order valence-electron chi connectivity index (χ3n) is 3.16. The number of para-hydroxylation sites is 2. The summed E-state index contributed by atoms with van der Waals surface area (Å²) in [6, 6.07) is 8.37. The Morgan fingerprint density at radius 3 is 2.85 bits per heavy atom. The summed E-state index contributed by atoms with van der Waals surface area (Å²) in [7, 11) is 1.65. The average molecular weight is 290 g/mol. The second kappa shape index (κ2) is 6.24. The first-order chi connectivity index (χ1) is 9.85. The van der Waals surface area contributed by atoms with Crippen LogP contribution in [0.4, 0.5) is 0 Å². The third kappa shape index (κ3) is 3.49. The average Bonchev–Trinajstić information content (AvgIpc) is 3.21. The molecule has 1 aliphatic rings. The smallest absolute Gasteiger partial charge is 0.161 e. The molecule has 1 aliphatic carbocycles. The molecule has 2 aromatic rings. The van der Waals surface area contributed by atoms with E-state index in [-0.39, 0.29) is 0 Å². The third-order valence-corrected chi connectivity index (χ3v) is 4.06. The van der Waals surface area contributed by atoms with Crippen LogP contribution < -0.4 is 14.8 Å². The molecule has 0 amide bonds. The van der Waals surface area contributed by atoms with Gasteiger partial charge in [0.2, 0.25) is 0 Å². The summed E-state index contributed by atoms with van der Waals surface area (Å²) in [5.41, 5.74) is 0.966. The van der Waals surface area contributed by atoms with Crippen molar-refractivity contribution in [3.8, 4) is 11.5 Å². The van der Waals surface area contributed by atoms with Crippen LogP contribution in [0.1, 0.15) is 23.5 Å². The number of hydrogen-bond donors (Lipinski definition) is 1. The number of hydrogen-bond acceptors (Lipinski definition) is 5. The summed E-state index contributed by atoms with van der Waals surface area (Å²) >= 11 is 1.68. The van der Waals surface area contributed by atoms with E-state index in [4.69, 9.17) is 9.47 Å². The second-order valence-corrected chi connectivity index (χ2v) is 5.77. The lowest BCUT2D eigenvalue weighted by Gasteiger charge is -2.08. The van der Waals surface area contributed by atoms with Gasteiger partial charge in [-0.05, 0) is 25.0 Å². The Morgan fingerprint density at radius 2 is 2.10 bits per heavy atom. The zero-order chi connectivity index (χ0) is 13.8. The monoisotopic (exact) mass is 290 g/mol. The van der Waals surface area contributed by atoms with Crippen LogP contribution in [0.5, 0.6) is 11.5 Å². The minimum absolute atomic E-state index is 0.473. The van der Waals surface area contributed by atoms with Crippen molar-refractivity contribution in [3.63, 3.8) is 0 Å². The molecule has 0 saturated heterocycles. The fourth-order valence-electron chi connectivity index (χ4n) is 1.91. The van der Waals surface area contributed by atoms with E-state index in [9.17, 15) is 0 Å². The van der Waals surface area contributed by atoms with Crippen molar-refractivity contribution in [1.82, 2.24) is 10.3 Å². The first-order valence-electron chi connectivity index (χ1n) is 6.77. The van der Waals surface area contributed by atoms with Crippen LogP contribution in [-0.2, 0) is 13.2 Å². The summed E-state index contributed by atoms with van der Waals surface area (Å²) in [5.74, 6) is 1.50. The van der Waals surface area contributed by atoms with Crippen LogP contribution in [0.2, 0.25) is 0 Å². The maximum Gasteiger partial charge on any atom is 0.161 e. The Balaban J connectivity index is 1.54. The molecular formula is C15H18N2O2S. The van der Waals surface area contributed by atoms with E-state index in [1.54, 1.807) is 18.4 Å². The van der Waals surface area contributed by atoms with Gasteiger partial charge in [0, 0.05) is 18.0 Å². The Labute approximate surface area is 122 Å². The van der Waals surface area contributed by atoms with E-state index >= 15 is 0 Å². The molecule has 3 rings (SSSR count). The van der Waals surface area contributed by atoms with Crippen LogP contribution >= 0.6 is 11.3 Å². The quantitative estimate of drug-likeness (QED) is 0.851. The van der Waals surface area contributed by atoms with E-state index in [0.717, 1.165) is 28.7 Å². The standard InChI is InChI=1S/C15H18N2O2S/c1-18-13-4-2-3-5-14(13)19-9-12-10-20-15(17-12)8-16-11-6-7-11/h2-5,10-11,16H,6-9H2,1H3. The summed E-state index contributed by atoms with van der Waals surface area (Å²) in [5, 5.41) is 6.64. The molecule has 1 aromatic carbocycles. The minimum Gasteiger partial charge on any atom is -0.493 e. The van der Waals surface area contributed by atoms with Crippen molar-refractivity contribution in [2.75, 3.05) is 7.11 Å². The molecule has 1 fully saturated rings. The lowest BCUT2D eigenvalue weighted by atomic mass is 10.3. The molecule has 0 spiro atoms. The highest BCUT2D eigenvalue weighted by atomic mass is 32.1. The number of ether oxygens (including phenoxy) is 2. The van der Waals surface area contributed by atoms with Gasteiger partial charge in [-0.2, -0.15) is 0 Å². The predicted molar refractivity (Wildman–Crippen MR) is 79.3 cm³/mol. The molecule has 0 aliphatic heterocycles. The number of thiazole rings is 1. The van der Waals surface area contributed by atoms with Gasteiger partial charge in [0.15, 0.2) is 11.5 Å². The van der Waals surface area contributed by atoms with E-state index in [1.165, 1.54) is 12.8 Å². The highest BCUT2D eigenvalue weighted by Gasteiger charge is 2.20. The molecule has 0 atom stereocenters. The fraction of sp³-hybridized carbons (Fsp3) is 0.400. The van der Waals surface area contributed by atoms with Gasteiger partial charge < -0.3 is 14.8 Å². The molecule has 1 N–H and O–H groups in total. The van der Waals surface area contributed by atoms with Crippen molar-refractivity contribution in [2.24, 2.45) is 0 Å². The number of aromatic nitrogens is 1. The summed E-state index contributed by atoms with van der Waals surface area (Å²) in [4.78, 5) is 4.57. The SMILES string of the molecule is COc1ccccc1OCc1csc(CNC2CC2)n1. The summed E-state index contributed by atoms with van der Waals surface area (Å²) < 4.78 is 11.0. The zero-order valence-corrected chi connectivity index (χ0v) is 12.3. The van der Waals surface area contributed by atoms with Crippen molar-refractivity contribution in [2.45, 2.75) is 32.0 Å². The van der Waals surface area contributed by atoms with Crippen LogP contribution in [0.3, 0.4) is 0 Å². The van der Waals surface area contributed by atoms with Crippen molar-refractivity contribution in [1.29, 1.82) is 0 Å². The Bertz CT molecular complexity index is 567. The maximum atomic E-state index is 5.76. The number of nitrogens with zero attached hydrogens (tertiary/aromatic N) is 1. The second-order valence-electron chi connectivity index (χ2n) is 4.83. The lowest BCUT2D eigenvalue weighted by molar-refractivity contribution is 0.281. The zero-order valence-electron chi connectivity index (χ0n) is 11.5. The Morgan fingerprint density at radius 1 is 1.30 bits per heavy atom. The van der Waals surface area contributed by atoms with E-state index in [0.29, 0.717) is 12.6 Å². The van der Waals surface area contributed by atoms with Crippen LogP contribution in [0.25, 0.3) is 0 Å². The highest BCUT2D eigenvalue weighted by Crippen LogP contribution is 2.27. The fourth-order valence-corrected chi connectivity index (χ4v) is 2.63. The molecule has 0 bridgehead atoms. The van der Waals surface area contributed by atoms with E-state index < -0.39 is 0 Å². The predicted octanol–water partition coefficient (Wildman–Crippen LogP) is 2.98. The molecule has 1 aromatic heterocycles. The summed E-state index contributed by atoms with van der Waals surface area (Å²) in [6.45, 7) is 1.34. The first kappa shape index (κ1) is 13.4. The van der Waals surface area contributed by atoms with Crippen LogP contribution in [0.15, 0.2) is 29.6 Å². The lowest BCUT2D eigenvalue weighted by Crippen LogP contribution is -2.15. The highest BCUT2D eigenvalue weighted by molar-refractivity contribution is 7.09. The van der Waals surface area contributed by atoms with E-state index in [2.05, 4.69) is 15.7 Å². The molecule has 5 heteroatoms. The Hall–Kier alpha value is -1.59. The molecular weight excluding hydrogens is 272 g/mol. The normalized spacial score (nSPS) is 14.2. The summed E-state index contributed by atoms with van der Waals surface area (Å²) in [6.07, 6.45) is 2.60. The Kier molecular flexibility index (Phi) is 4.18. The van der Waals surface area contributed by atoms with Crippen LogP contribution in [0, 0.1) is 0 Å². The van der Waals surface area contributed by atoms with Crippen molar-refractivity contribution < 1.29 is 9.47 Å². The van der Waals surface area contributed by atoms with Gasteiger partial charge >= 0.3 is 0 Å². The van der Waals surface area contributed by atoms with Crippen molar-refractivity contribution >= 4 is 11.3 Å². The molecule has 0 radical (unpaired) electrons. The van der Waals surface area contributed by atoms with Gasteiger partial charge in [-0.15, -0.1) is 11.3 Å². The molecule has 1 saturated carbocycles. The topological polar surface area (TPSA) is 43.4 Å². The van der Waals surface area contributed by atoms with Gasteiger partial charge in [0.1, 0.15) is 11.6 Å². The van der Waals surface area contributed by atoms with Gasteiger partial charge in [-0.1, -0.05) is 12.1 Å². The van der Waals surface area contributed by atoms with Gasteiger partial charge in [0.25, 0.3) is 0 Å².